The van der Waals surface area contributed by atoms with Gasteiger partial charge in [-0.25, -0.2) is 0 Å². The first kappa shape index (κ1) is 19.8. The summed E-state index contributed by atoms with van der Waals surface area (Å²) in [5.74, 6) is 0.651. The number of ether oxygens (including phenoxy) is 1. The molecular formula is C21H19N3O5. The number of carbonyl (C=O) groups excluding carboxylic acids is 2. The number of benzene rings is 1. The lowest BCUT2D eigenvalue weighted by molar-refractivity contribution is -0.122. The van der Waals surface area contributed by atoms with Crippen LogP contribution < -0.4 is 15.4 Å². The lowest BCUT2D eigenvalue weighted by atomic mass is 10.2. The average molecular weight is 393 g/mol. The molecule has 0 aliphatic carbocycles. The maximum Gasteiger partial charge on any atom is 0.287 e. The average Bonchev–Trinajstić information content (AvgIpc) is 3.42. The van der Waals surface area contributed by atoms with Crippen LogP contribution in [0.5, 0.6) is 5.75 Å². The monoisotopic (exact) mass is 393 g/mol. The van der Waals surface area contributed by atoms with Gasteiger partial charge >= 0.3 is 0 Å². The van der Waals surface area contributed by atoms with E-state index in [1.807, 2.05) is 6.07 Å². The van der Waals surface area contributed by atoms with Crippen LogP contribution in [0.25, 0.3) is 0 Å². The van der Waals surface area contributed by atoms with E-state index in [1.165, 1.54) is 12.3 Å². The number of hydrogen-bond acceptors (Lipinski definition) is 6. The number of amides is 2. The standard InChI is InChI=1S/C21H19N3O5/c1-14(20(25)23-12-16-6-4-10-27-16)24-21(26)19-9-8-17(29-19)13-28-18-7-3-2-5-15(18)11-22/h2-10,14H,12-13H2,1H3,(H,23,25)(H,24,26). The predicted octanol–water partition coefficient (Wildman–Crippen LogP) is 2.76. The lowest BCUT2D eigenvalue weighted by Gasteiger charge is -2.12. The summed E-state index contributed by atoms with van der Waals surface area (Å²) >= 11 is 0. The molecule has 148 valence electrons. The Balaban J connectivity index is 1.50. The first-order chi connectivity index (χ1) is 14.1. The Bertz CT molecular complexity index is 1020. The smallest absolute Gasteiger partial charge is 0.287 e. The Kier molecular flexibility index (Phi) is 6.32. The number of furan rings is 2. The highest BCUT2D eigenvalue weighted by Gasteiger charge is 2.19. The molecule has 8 nitrogen and oxygen atoms in total. The van der Waals surface area contributed by atoms with Gasteiger partial charge in [0.25, 0.3) is 5.91 Å². The Hall–Kier alpha value is -3.99. The largest absolute Gasteiger partial charge is 0.484 e. The van der Waals surface area contributed by atoms with Crippen LogP contribution in [0.15, 0.2) is 63.6 Å². The molecule has 2 amide bonds. The fourth-order valence-corrected chi connectivity index (χ4v) is 2.49. The van der Waals surface area contributed by atoms with Gasteiger partial charge in [-0.15, -0.1) is 0 Å². The first-order valence-corrected chi connectivity index (χ1v) is 8.88. The third-order valence-corrected chi connectivity index (χ3v) is 4.02. The van der Waals surface area contributed by atoms with Gasteiger partial charge in [-0.2, -0.15) is 5.26 Å². The van der Waals surface area contributed by atoms with Gasteiger partial charge in [0, 0.05) is 0 Å². The minimum absolute atomic E-state index is 0.0582. The minimum atomic E-state index is -0.759. The summed E-state index contributed by atoms with van der Waals surface area (Å²) in [5, 5.41) is 14.3. The minimum Gasteiger partial charge on any atom is -0.484 e. The number of nitrogens with zero attached hydrogens (tertiary/aromatic N) is 1. The van der Waals surface area contributed by atoms with Crippen LogP contribution in [-0.4, -0.2) is 17.9 Å². The molecule has 1 atom stereocenters. The summed E-state index contributed by atoms with van der Waals surface area (Å²) in [6, 6.07) is 14.7. The van der Waals surface area contributed by atoms with E-state index in [2.05, 4.69) is 10.6 Å². The normalized spacial score (nSPS) is 11.3. The van der Waals surface area contributed by atoms with E-state index < -0.39 is 11.9 Å². The second-order valence-corrected chi connectivity index (χ2v) is 6.15. The molecule has 0 fully saturated rings. The third kappa shape index (κ3) is 5.26. The Morgan fingerprint density at radius 1 is 1.14 bits per heavy atom. The zero-order valence-corrected chi connectivity index (χ0v) is 15.7. The van der Waals surface area contributed by atoms with E-state index >= 15 is 0 Å². The highest BCUT2D eigenvalue weighted by atomic mass is 16.5. The highest BCUT2D eigenvalue weighted by molar-refractivity contribution is 5.95. The Morgan fingerprint density at radius 2 is 1.97 bits per heavy atom. The second kappa shape index (κ2) is 9.28. The van der Waals surface area contributed by atoms with Gasteiger partial charge in [0.2, 0.25) is 5.91 Å². The van der Waals surface area contributed by atoms with Crippen molar-refractivity contribution >= 4 is 11.8 Å². The summed E-state index contributed by atoms with van der Waals surface area (Å²) in [7, 11) is 0. The molecule has 0 bridgehead atoms. The SMILES string of the molecule is CC(NC(=O)c1ccc(COc2ccccc2C#N)o1)C(=O)NCc1ccco1. The van der Waals surface area contributed by atoms with E-state index in [0.29, 0.717) is 22.8 Å². The van der Waals surface area contributed by atoms with Crippen LogP contribution in [0.3, 0.4) is 0 Å². The van der Waals surface area contributed by atoms with E-state index in [-0.39, 0.29) is 24.8 Å². The molecule has 8 heteroatoms. The molecule has 2 N–H and O–H groups in total. The zero-order valence-electron chi connectivity index (χ0n) is 15.7. The first-order valence-electron chi connectivity index (χ1n) is 8.88. The maximum absolute atomic E-state index is 12.3. The van der Waals surface area contributed by atoms with Gasteiger partial charge in [0.05, 0.1) is 18.4 Å². The molecule has 0 saturated carbocycles. The molecule has 0 saturated heterocycles. The third-order valence-electron chi connectivity index (χ3n) is 4.02. The fraction of sp³-hybridized carbons (Fsp3) is 0.190. The highest BCUT2D eigenvalue weighted by Crippen LogP contribution is 2.19. The number of rotatable bonds is 8. The van der Waals surface area contributed by atoms with Crippen LogP contribution in [0, 0.1) is 11.3 Å². The van der Waals surface area contributed by atoms with Crippen LogP contribution in [0.2, 0.25) is 0 Å². The molecule has 0 aliphatic heterocycles. The Labute approximate surface area is 167 Å². The van der Waals surface area contributed by atoms with Crippen molar-refractivity contribution in [3.8, 4) is 11.8 Å². The summed E-state index contributed by atoms with van der Waals surface area (Å²) in [4.78, 5) is 24.4. The molecule has 29 heavy (non-hydrogen) atoms. The molecule has 0 aliphatic rings. The van der Waals surface area contributed by atoms with Gasteiger partial charge in [-0.05, 0) is 43.3 Å². The van der Waals surface area contributed by atoms with Crippen LogP contribution in [0.4, 0.5) is 0 Å². The van der Waals surface area contributed by atoms with Crippen molar-refractivity contribution in [2.24, 2.45) is 0 Å². The number of hydrogen-bond donors (Lipinski definition) is 2. The molecule has 2 aromatic heterocycles. The van der Waals surface area contributed by atoms with E-state index in [4.69, 9.17) is 18.8 Å². The van der Waals surface area contributed by atoms with Gasteiger partial charge in [0.15, 0.2) is 5.76 Å². The van der Waals surface area contributed by atoms with Crippen molar-refractivity contribution in [1.82, 2.24) is 10.6 Å². The topological polar surface area (TPSA) is 117 Å². The second-order valence-electron chi connectivity index (χ2n) is 6.15. The molecule has 2 heterocycles. The maximum atomic E-state index is 12.3. The van der Waals surface area contributed by atoms with E-state index in [1.54, 1.807) is 49.4 Å². The number of para-hydroxylation sites is 1. The number of nitriles is 1. The van der Waals surface area contributed by atoms with Gasteiger partial charge in [0.1, 0.15) is 36.0 Å². The fourth-order valence-electron chi connectivity index (χ4n) is 2.49. The predicted molar refractivity (Wildman–Crippen MR) is 102 cm³/mol. The zero-order chi connectivity index (χ0) is 20.6. The van der Waals surface area contributed by atoms with Crippen LogP contribution in [-0.2, 0) is 17.9 Å². The molecule has 0 spiro atoms. The summed E-state index contributed by atoms with van der Waals surface area (Å²) in [6.07, 6.45) is 1.52. The quantitative estimate of drug-likeness (QED) is 0.608. The van der Waals surface area contributed by atoms with E-state index in [9.17, 15) is 9.59 Å². The van der Waals surface area contributed by atoms with Crippen molar-refractivity contribution < 1.29 is 23.2 Å². The Morgan fingerprint density at radius 3 is 2.72 bits per heavy atom. The molecule has 1 aromatic carbocycles. The van der Waals surface area contributed by atoms with Crippen molar-refractivity contribution in [3.05, 3.63) is 77.6 Å². The molecule has 3 aromatic rings. The lowest BCUT2D eigenvalue weighted by Crippen LogP contribution is -2.44. The summed E-state index contributed by atoms with van der Waals surface area (Å²) in [6.45, 7) is 1.87. The summed E-state index contributed by atoms with van der Waals surface area (Å²) in [5.41, 5.74) is 0.409. The number of nitrogens with one attached hydrogen (secondary N) is 2. The van der Waals surface area contributed by atoms with Crippen molar-refractivity contribution in [3.63, 3.8) is 0 Å². The van der Waals surface area contributed by atoms with Gasteiger partial charge in [-0.3, -0.25) is 9.59 Å². The van der Waals surface area contributed by atoms with Crippen molar-refractivity contribution in [2.45, 2.75) is 26.1 Å². The van der Waals surface area contributed by atoms with Crippen LogP contribution in [0.1, 0.15) is 34.6 Å². The molecular weight excluding hydrogens is 374 g/mol. The van der Waals surface area contributed by atoms with Gasteiger partial charge in [-0.1, -0.05) is 12.1 Å². The molecule has 3 rings (SSSR count). The molecule has 0 radical (unpaired) electrons. The summed E-state index contributed by atoms with van der Waals surface area (Å²) < 4.78 is 16.2. The van der Waals surface area contributed by atoms with Crippen LogP contribution >= 0.6 is 0 Å². The molecule has 1 unspecified atom stereocenters. The van der Waals surface area contributed by atoms with E-state index in [0.717, 1.165) is 0 Å². The van der Waals surface area contributed by atoms with Crippen molar-refractivity contribution in [2.75, 3.05) is 0 Å². The van der Waals surface area contributed by atoms with Gasteiger partial charge < -0.3 is 24.2 Å². The van der Waals surface area contributed by atoms with Crippen molar-refractivity contribution in [1.29, 1.82) is 5.26 Å². The number of carbonyl (C=O) groups is 2.